The maximum Gasteiger partial charge on any atom is 0.145 e. The van der Waals surface area contributed by atoms with E-state index in [9.17, 15) is 10.2 Å². The molecule has 1 aliphatic rings. The third-order valence-electron chi connectivity index (χ3n) is 4.41. The van der Waals surface area contributed by atoms with Gasteiger partial charge in [0.25, 0.3) is 0 Å². The van der Waals surface area contributed by atoms with Gasteiger partial charge in [-0.05, 0) is 50.6 Å². The monoisotopic (exact) mass is 325 g/mol. The first-order valence-corrected chi connectivity index (χ1v) is 8.31. The van der Waals surface area contributed by atoms with Crippen LogP contribution in [0.1, 0.15) is 35.2 Å². The molecule has 0 saturated carbocycles. The van der Waals surface area contributed by atoms with Crippen LogP contribution in [0.4, 0.5) is 5.69 Å². The van der Waals surface area contributed by atoms with Crippen LogP contribution in [0.5, 0.6) is 5.75 Å². The molecule has 0 unspecified atom stereocenters. The fourth-order valence-corrected chi connectivity index (χ4v) is 2.95. The topological polar surface area (TPSA) is 69.0 Å². The summed E-state index contributed by atoms with van der Waals surface area (Å²) >= 11 is 0. The summed E-state index contributed by atoms with van der Waals surface area (Å²) in [6.45, 7) is 4.90. The van der Waals surface area contributed by atoms with Crippen molar-refractivity contribution in [1.29, 1.82) is 0 Å². The maximum absolute atomic E-state index is 10.1. The smallest absolute Gasteiger partial charge is 0.145 e. The van der Waals surface area contributed by atoms with Gasteiger partial charge in [-0.1, -0.05) is 12.1 Å². The predicted molar refractivity (Wildman–Crippen MR) is 94.8 cm³/mol. The van der Waals surface area contributed by atoms with Crippen molar-refractivity contribution < 1.29 is 10.2 Å². The molecule has 0 atom stereocenters. The second kappa shape index (κ2) is 7.55. The van der Waals surface area contributed by atoms with Crippen molar-refractivity contribution in [2.45, 2.75) is 32.9 Å². The van der Waals surface area contributed by atoms with E-state index in [0.717, 1.165) is 12.2 Å². The van der Waals surface area contributed by atoms with Gasteiger partial charge in [-0.3, -0.25) is 14.9 Å². The average Bonchev–Trinajstić information content (AvgIpc) is 3.10. The van der Waals surface area contributed by atoms with E-state index >= 15 is 0 Å². The summed E-state index contributed by atoms with van der Waals surface area (Å²) in [5, 5.41) is 19.5. The molecular weight excluding hydrogens is 302 g/mol. The van der Waals surface area contributed by atoms with Crippen LogP contribution in [0.2, 0.25) is 0 Å². The summed E-state index contributed by atoms with van der Waals surface area (Å²) in [7, 11) is 0. The van der Waals surface area contributed by atoms with Crippen LogP contribution in [0, 0.1) is 6.92 Å². The van der Waals surface area contributed by atoms with Gasteiger partial charge < -0.3 is 10.2 Å². The number of hydrogen-bond donors (Lipinski definition) is 2. The summed E-state index contributed by atoms with van der Waals surface area (Å²) < 4.78 is 0. The molecule has 1 aliphatic heterocycles. The Morgan fingerprint density at radius 1 is 1.21 bits per heavy atom. The SMILES string of the molecule is Cc1ncc(CO)c(C=Nc2ccc(CN3CCCC3)cc2)c1O. The van der Waals surface area contributed by atoms with E-state index in [1.54, 1.807) is 19.3 Å². The summed E-state index contributed by atoms with van der Waals surface area (Å²) in [4.78, 5) is 10.9. The van der Waals surface area contributed by atoms with Crippen molar-refractivity contribution in [3.8, 4) is 5.75 Å². The number of benzene rings is 1. The van der Waals surface area contributed by atoms with Crippen LogP contribution >= 0.6 is 0 Å². The Morgan fingerprint density at radius 2 is 1.92 bits per heavy atom. The van der Waals surface area contributed by atoms with Crippen LogP contribution in [-0.4, -0.2) is 39.4 Å². The first-order chi connectivity index (χ1) is 11.7. The quantitative estimate of drug-likeness (QED) is 0.829. The summed E-state index contributed by atoms with van der Waals surface area (Å²) in [5.74, 6) is 0.0657. The van der Waals surface area contributed by atoms with Crippen molar-refractivity contribution in [3.63, 3.8) is 0 Å². The number of aliphatic hydroxyl groups excluding tert-OH is 1. The number of likely N-dealkylation sites (tertiary alicyclic amines) is 1. The van der Waals surface area contributed by atoms with Gasteiger partial charge in [0, 0.05) is 30.1 Å². The number of aromatic hydroxyl groups is 1. The molecule has 0 amide bonds. The molecule has 0 spiro atoms. The first kappa shape index (κ1) is 16.6. The number of aliphatic hydroxyl groups is 1. The predicted octanol–water partition coefficient (Wildman–Crippen LogP) is 2.93. The highest BCUT2D eigenvalue weighted by Gasteiger charge is 2.11. The molecule has 2 aromatic rings. The van der Waals surface area contributed by atoms with Gasteiger partial charge in [-0.25, -0.2) is 0 Å². The first-order valence-electron chi connectivity index (χ1n) is 8.31. The number of aliphatic imine (C=N–C) groups is 1. The fourth-order valence-electron chi connectivity index (χ4n) is 2.95. The lowest BCUT2D eigenvalue weighted by Gasteiger charge is -2.14. The Kier molecular flexibility index (Phi) is 5.23. The highest BCUT2D eigenvalue weighted by molar-refractivity contribution is 5.87. The van der Waals surface area contributed by atoms with Crippen molar-refractivity contribution in [3.05, 3.63) is 52.8 Å². The number of pyridine rings is 1. The van der Waals surface area contributed by atoms with Crippen molar-refractivity contribution >= 4 is 11.9 Å². The van der Waals surface area contributed by atoms with Crippen molar-refractivity contribution in [2.75, 3.05) is 13.1 Å². The van der Waals surface area contributed by atoms with Gasteiger partial charge in [-0.2, -0.15) is 0 Å². The van der Waals surface area contributed by atoms with Gasteiger partial charge >= 0.3 is 0 Å². The molecule has 2 heterocycles. The molecule has 3 rings (SSSR count). The second-order valence-electron chi connectivity index (χ2n) is 6.20. The number of rotatable bonds is 5. The van der Waals surface area contributed by atoms with Crippen LogP contribution in [0.25, 0.3) is 0 Å². The third kappa shape index (κ3) is 3.80. The fraction of sp³-hybridized carbons (Fsp3) is 0.368. The minimum Gasteiger partial charge on any atom is -0.505 e. The van der Waals surface area contributed by atoms with Crippen molar-refractivity contribution in [2.24, 2.45) is 4.99 Å². The van der Waals surface area contributed by atoms with E-state index in [0.29, 0.717) is 16.8 Å². The zero-order chi connectivity index (χ0) is 16.9. The molecule has 2 N–H and O–H groups in total. The van der Waals surface area contributed by atoms with E-state index in [1.165, 1.54) is 31.5 Å². The van der Waals surface area contributed by atoms with Gasteiger partial charge in [-0.15, -0.1) is 0 Å². The number of aryl methyl sites for hydroxylation is 1. The Hall–Kier alpha value is -2.24. The Bertz CT molecular complexity index is 720. The number of aromatic nitrogens is 1. The number of nitrogens with zero attached hydrogens (tertiary/aromatic N) is 3. The Balaban J connectivity index is 1.74. The molecule has 1 fully saturated rings. The highest BCUT2D eigenvalue weighted by atomic mass is 16.3. The Morgan fingerprint density at radius 3 is 2.58 bits per heavy atom. The zero-order valence-electron chi connectivity index (χ0n) is 13.9. The minimum atomic E-state index is -0.184. The van der Waals surface area contributed by atoms with Crippen LogP contribution < -0.4 is 0 Å². The van der Waals surface area contributed by atoms with E-state index in [1.807, 2.05) is 12.1 Å². The lowest BCUT2D eigenvalue weighted by molar-refractivity contribution is 0.280. The van der Waals surface area contributed by atoms with E-state index in [2.05, 4.69) is 27.0 Å². The highest BCUT2D eigenvalue weighted by Crippen LogP contribution is 2.23. The third-order valence-corrected chi connectivity index (χ3v) is 4.41. The van der Waals surface area contributed by atoms with E-state index < -0.39 is 0 Å². The Labute approximate surface area is 142 Å². The zero-order valence-corrected chi connectivity index (χ0v) is 13.9. The van der Waals surface area contributed by atoms with Gasteiger partial charge in [0.05, 0.1) is 18.0 Å². The largest absolute Gasteiger partial charge is 0.505 e. The van der Waals surface area contributed by atoms with Crippen LogP contribution in [0.3, 0.4) is 0 Å². The summed E-state index contributed by atoms with van der Waals surface area (Å²) in [6, 6.07) is 8.14. The van der Waals surface area contributed by atoms with Crippen molar-refractivity contribution in [1.82, 2.24) is 9.88 Å². The number of hydrogen-bond acceptors (Lipinski definition) is 5. The maximum atomic E-state index is 10.1. The van der Waals surface area contributed by atoms with E-state index in [-0.39, 0.29) is 12.4 Å². The molecule has 126 valence electrons. The molecule has 0 bridgehead atoms. The average molecular weight is 325 g/mol. The summed E-state index contributed by atoms with van der Waals surface area (Å²) in [6.07, 6.45) is 5.75. The van der Waals surface area contributed by atoms with Gasteiger partial charge in [0.2, 0.25) is 0 Å². The molecule has 0 aliphatic carbocycles. The molecule has 1 saturated heterocycles. The summed E-state index contributed by atoms with van der Waals surface area (Å²) in [5.41, 5.74) is 3.71. The van der Waals surface area contributed by atoms with Crippen LogP contribution in [-0.2, 0) is 13.2 Å². The molecule has 24 heavy (non-hydrogen) atoms. The van der Waals surface area contributed by atoms with Crippen LogP contribution in [0.15, 0.2) is 35.5 Å². The van der Waals surface area contributed by atoms with Gasteiger partial charge in [0.1, 0.15) is 5.75 Å². The minimum absolute atomic E-state index is 0.0657. The molecule has 1 aromatic carbocycles. The molecule has 0 radical (unpaired) electrons. The molecule has 5 heteroatoms. The molecule has 1 aromatic heterocycles. The molecular formula is C19H23N3O2. The van der Waals surface area contributed by atoms with E-state index in [4.69, 9.17) is 0 Å². The lowest BCUT2D eigenvalue weighted by Crippen LogP contribution is -2.18. The lowest BCUT2D eigenvalue weighted by atomic mass is 10.1. The second-order valence-corrected chi connectivity index (χ2v) is 6.20. The molecule has 5 nitrogen and oxygen atoms in total. The normalized spacial score (nSPS) is 15.4. The van der Waals surface area contributed by atoms with Gasteiger partial charge in [0.15, 0.2) is 0 Å². The standard InChI is InChI=1S/C19H23N3O2/c1-14-19(24)18(16(13-23)10-20-14)11-21-17-6-4-15(5-7-17)12-22-8-2-3-9-22/h4-7,10-11,23-24H,2-3,8-9,12-13H2,1H3.